The van der Waals surface area contributed by atoms with Gasteiger partial charge in [0.25, 0.3) is 0 Å². The Labute approximate surface area is 67.4 Å². The van der Waals surface area contributed by atoms with Crippen LogP contribution >= 0.6 is 15.9 Å². The van der Waals surface area contributed by atoms with Crippen molar-refractivity contribution < 1.29 is 9.50 Å². The fourth-order valence-corrected chi connectivity index (χ4v) is 1.16. The number of allylic oxidation sites excluding steroid dienone is 3. The van der Waals surface area contributed by atoms with Gasteiger partial charge in [-0.05, 0) is 12.0 Å². The molecule has 0 radical (unpaired) electrons. The summed E-state index contributed by atoms with van der Waals surface area (Å²) >= 11 is 3.15. The minimum atomic E-state index is -0.312. The lowest BCUT2D eigenvalue weighted by atomic mass is 10.0. The summed E-state index contributed by atoms with van der Waals surface area (Å²) in [6.07, 6.45) is 2.74. The standard InChI is InChI=1S/C7H8BrFO/c1-4-2-5(10)3-6(9)7(4)8/h2-4,7,10H,1H3. The maximum Gasteiger partial charge on any atom is 0.118 e. The Bertz CT molecular complexity index is 198. The predicted molar refractivity (Wildman–Crippen MR) is 41.8 cm³/mol. The molecule has 0 fully saturated rings. The van der Waals surface area contributed by atoms with Crippen LogP contribution in [0, 0.1) is 5.92 Å². The average molecular weight is 207 g/mol. The topological polar surface area (TPSA) is 20.2 Å². The Kier molecular flexibility index (Phi) is 2.14. The van der Waals surface area contributed by atoms with Crippen LogP contribution in [-0.4, -0.2) is 9.93 Å². The lowest BCUT2D eigenvalue weighted by molar-refractivity contribution is 0.407. The van der Waals surface area contributed by atoms with E-state index in [2.05, 4.69) is 15.9 Å². The van der Waals surface area contributed by atoms with Crippen molar-refractivity contribution in [2.75, 3.05) is 0 Å². The first-order valence-electron chi connectivity index (χ1n) is 3.03. The third-order valence-corrected chi connectivity index (χ3v) is 2.72. The van der Waals surface area contributed by atoms with Gasteiger partial charge in [0.05, 0.1) is 4.83 Å². The molecule has 0 amide bonds. The van der Waals surface area contributed by atoms with Crippen molar-refractivity contribution in [3.63, 3.8) is 0 Å². The highest BCUT2D eigenvalue weighted by Gasteiger charge is 2.21. The van der Waals surface area contributed by atoms with Crippen LogP contribution in [0.15, 0.2) is 23.7 Å². The van der Waals surface area contributed by atoms with Crippen LogP contribution in [0.25, 0.3) is 0 Å². The van der Waals surface area contributed by atoms with Gasteiger partial charge in [0.2, 0.25) is 0 Å². The Balaban J connectivity index is 2.85. The van der Waals surface area contributed by atoms with Crippen LogP contribution in [-0.2, 0) is 0 Å². The van der Waals surface area contributed by atoms with Gasteiger partial charge in [0, 0.05) is 6.08 Å². The first-order valence-corrected chi connectivity index (χ1v) is 3.95. The van der Waals surface area contributed by atoms with Gasteiger partial charge in [0.1, 0.15) is 11.6 Å². The van der Waals surface area contributed by atoms with Gasteiger partial charge in [-0.2, -0.15) is 0 Å². The SMILES string of the molecule is CC1C=C(O)C=C(F)C1Br. The lowest BCUT2D eigenvalue weighted by Gasteiger charge is -2.16. The summed E-state index contributed by atoms with van der Waals surface area (Å²) in [6.45, 7) is 1.84. The third-order valence-electron chi connectivity index (χ3n) is 1.44. The summed E-state index contributed by atoms with van der Waals surface area (Å²) < 4.78 is 12.7. The van der Waals surface area contributed by atoms with Crippen molar-refractivity contribution in [3.05, 3.63) is 23.7 Å². The van der Waals surface area contributed by atoms with Gasteiger partial charge in [-0.1, -0.05) is 22.9 Å². The summed E-state index contributed by atoms with van der Waals surface area (Å²) in [5.74, 6) is -0.279. The number of aliphatic hydroxyl groups is 1. The van der Waals surface area contributed by atoms with E-state index < -0.39 is 0 Å². The molecule has 1 nitrogen and oxygen atoms in total. The summed E-state index contributed by atoms with van der Waals surface area (Å²) in [5, 5.41) is 8.89. The van der Waals surface area contributed by atoms with Crippen molar-refractivity contribution >= 4 is 15.9 Å². The number of alkyl halides is 1. The molecule has 0 spiro atoms. The second-order valence-electron chi connectivity index (χ2n) is 2.38. The minimum Gasteiger partial charge on any atom is -0.508 e. The average Bonchev–Trinajstić information content (AvgIpc) is 1.82. The second-order valence-corrected chi connectivity index (χ2v) is 3.37. The summed E-state index contributed by atoms with van der Waals surface area (Å²) in [7, 11) is 0. The van der Waals surface area contributed by atoms with Gasteiger partial charge in [-0.3, -0.25) is 0 Å². The van der Waals surface area contributed by atoms with E-state index in [0.29, 0.717) is 0 Å². The number of hydrogen-bond donors (Lipinski definition) is 1. The number of hydrogen-bond acceptors (Lipinski definition) is 1. The van der Waals surface area contributed by atoms with E-state index in [4.69, 9.17) is 5.11 Å². The Morgan fingerprint density at radius 2 is 2.30 bits per heavy atom. The Morgan fingerprint density at radius 1 is 1.70 bits per heavy atom. The van der Waals surface area contributed by atoms with E-state index in [0.717, 1.165) is 6.08 Å². The van der Waals surface area contributed by atoms with Crippen LogP contribution in [0.1, 0.15) is 6.92 Å². The molecule has 2 atom stereocenters. The lowest BCUT2D eigenvalue weighted by Crippen LogP contribution is -2.13. The zero-order valence-electron chi connectivity index (χ0n) is 5.51. The molecule has 56 valence electrons. The molecule has 0 aromatic carbocycles. The van der Waals surface area contributed by atoms with Gasteiger partial charge >= 0.3 is 0 Å². The summed E-state index contributed by atoms with van der Waals surface area (Å²) in [4.78, 5) is -0.275. The fraction of sp³-hybridized carbons (Fsp3) is 0.429. The molecule has 0 aliphatic heterocycles. The first-order chi connectivity index (χ1) is 4.61. The van der Waals surface area contributed by atoms with Crippen LogP contribution in [0.4, 0.5) is 4.39 Å². The molecule has 0 bridgehead atoms. The molecule has 0 saturated heterocycles. The molecule has 2 unspecified atom stereocenters. The largest absolute Gasteiger partial charge is 0.508 e. The van der Waals surface area contributed by atoms with Crippen LogP contribution in [0.2, 0.25) is 0 Å². The zero-order valence-corrected chi connectivity index (χ0v) is 7.10. The first kappa shape index (κ1) is 7.79. The highest BCUT2D eigenvalue weighted by Crippen LogP contribution is 2.28. The van der Waals surface area contributed by atoms with Gasteiger partial charge in [-0.25, -0.2) is 4.39 Å². The fourth-order valence-electron chi connectivity index (χ4n) is 0.874. The molecule has 0 aromatic heterocycles. The Hall–Kier alpha value is -0.310. The molecule has 1 rings (SSSR count). The minimum absolute atomic E-state index is 0.0145. The molecule has 0 heterocycles. The van der Waals surface area contributed by atoms with Gasteiger partial charge < -0.3 is 5.11 Å². The molecular weight excluding hydrogens is 199 g/mol. The molecule has 1 aliphatic carbocycles. The number of halogens is 2. The third kappa shape index (κ3) is 1.40. The molecule has 0 saturated carbocycles. The van der Waals surface area contributed by atoms with Crippen LogP contribution < -0.4 is 0 Å². The van der Waals surface area contributed by atoms with Gasteiger partial charge in [-0.15, -0.1) is 0 Å². The van der Waals surface area contributed by atoms with Crippen molar-refractivity contribution in [1.82, 2.24) is 0 Å². The maximum atomic E-state index is 12.7. The predicted octanol–water partition coefficient (Wildman–Crippen LogP) is 2.69. The quantitative estimate of drug-likeness (QED) is 0.605. The monoisotopic (exact) mass is 206 g/mol. The number of aliphatic hydroxyl groups excluding tert-OH is 1. The normalized spacial score (nSPS) is 33.1. The molecular formula is C7H8BrFO. The molecule has 3 heteroatoms. The van der Waals surface area contributed by atoms with E-state index in [9.17, 15) is 4.39 Å². The Morgan fingerprint density at radius 3 is 2.80 bits per heavy atom. The highest BCUT2D eigenvalue weighted by molar-refractivity contribution is 9.09. The smallest absolute Gasteiger partial charge is 0.118 e. The van der Waals surface area contributed by atoms with Crippen molar-refractivity contribution in [1.29, 1.82) is 0 Å². The van der Waals surface area contributed by atoms with Crippen molar-refractivity contribution in [3.8, 4) is 0 Å². The maximum absolute atomic E-state index is 12.7. The van der Waals surface area contributed by atoms with E-state index in [1.807, 2.05) is 6.92 Å². The van der Waals surface area contributed by atoms with E-state index in [1.165, 1.54) is 0 Å². The number of rotatable bonds is 0. The van der Waals surface area contributed by atoms with Crippen molar-refractivity contribution in [2.24, 2.45) is 5.92 Å². The molecule has 10 heavy (non-hydrogen) atoms. The second kappa shape index (κ2) is 2.74. The van der Waals surface area contributed by atoms with Crippen LogP contribution in [0.5, 0.6) is 0 Å². The van der Waals surface area contributed by atoms with Crippen LogP contribution in [0.3, 0.4) is 0 Å². The van der Waals surface area contributed by atoms with Gasteiger partial charge in [0.15, 0.2) is 0 Å². The summed E-state index contributed by atoms with van der Waals surface area (Å²) in [5.41, 5.74) is 0. The van der Waals surface area contributed by atoms with E-state index >= 15 is 0 Å². The zero-order chi connectivity index (χ0) is 7.72. The highest BCUT2D eigenvalue weighted by atomic mass is 79.9. The molecule has 1 aliphatic rings. The molecule has 0 aromatic rings. The molecule has 1 N–H and O–H groups in total. The van der Waals surface area contributed by atoms with E-state index in [-0.39, 0.29) is 22.3 Å². The van der Waals surface area contributed by atoms with E-state index in [1.54, 1.807) is 6.08 Å². The summed E-state index contributed by atoms with van der Waals surface area (Å²) in [6, 6.07) is 0. The van der Waals surface area contributed by atoms with Crippen molar-refractivity contribution in [2.45, 2.75) is 11.8 Å².